The second-order valence-corrected chi connectivity index (χ2v) is 11.3. The Kier molecular flexibility index (Phi) is 13.2. The molecule has 0 unspecified atom stereocenters. The number of hydrogen-bond acceptors (Lipinski definition) is 13. The number of oxime groups is 1. The van der Waals surface area contributed by atoms with E-state index in [1.54, 1.807) is 4.90 Å². The highest BCUT2D eigenvalue weighted by atomic mass is 32.2. The Morgan fingerprint density at radius 2 is 1.87 bits per heavy atom. The van der Waals surface area contributed by atoms with Gasteiger partial charge >= 0.3 is 24.1 Å². The molecule has 6 N–H and O–H groups in total. The molecule has 0 aliphatic carbocycles. The van der Waals surface area contributed by atoms with Crippen molar-refractivity contribution in [3.63, 3.8) is 0 Å². The molecule has 3 rings (SSSR count). The number of β-lactam (4-membered cyclic amide) rings is 1. The standard InChI is InChI=1S/C21H24N6O8S3.C2HF3O2/c1-3-26(4-2)12(28)5-6-36-11-9-37-19-15(18(32)27(19)16(11)20(33)34)24-17(31)14(25-35-7-13(29)30)10-8-38-21(22)23-10;3-2(4,5)1(6)7/h5-6,8,15,19H,3-4,7,9H2,1-2H3,(H2,22,23)(H,24,31)(H,29,30)(H,33,34);(H,6,7)/b6-5-,25-14-;/t15-,19+;/m1./s1. The normalized spacial score (nSPS) is 17.9. The van der Waals surface area contributed by atoms with Gasteiger partial charge in [-0.2, -0.15) is 13.2 Å². The number of halogens is 3. The summed E-state index contributed by atoms with van der Waals surface area (Å²) in [6.07, 6.45) is -3.74. The number of aliphatic carboxylic acids is 3. The number of alkyl halides is 3. The number of thioether (sulfide) groups is 2. The zero-order valence-corrected chi connectivity index (χ0v) is 25.6. The zero-order valence-electron chi connectivity index (χ0n) is 23.1. The van der Waals surface area contributed by atoms with Gasteiger partial charge in [-0.1, -0.05) is 16.9 Å². The van der Waals surface area contributed by atoms with Gasteiger partial charge in [-0.05, 0) is 19.3 Å². The van der Waals surface area contributed by atoms with Gasteiger partial charge in [0.15, 0.2) is 10.8 Å². The smallest absolute Gasteiger partial charge is 0.479 e. The minimum atomic E-state index is -5.08. The number of aromatic nitrogens is 1. The predicted molar refractivity (Wildman–Crippen MR) is 155 cm³/mol. The highest BCUT2D eigenvalue weighted by Gasteiger charge is 2.54. The lowest BCUT2D eigenvalue weighted by Gasteiger charge is -2.49. The van der Waals surface area contributed by atoms with Gasteiger partial charge < -0.3 is 36.1 Å². The molecular weight excluding hydrogens is 673 g/mol. The SMILES string of the molecule is CCN(CC)C(=O)/C=C\SC1=C(C(=O)O)N2C(=O)[C@@H](NC(=O)/C(=N\OCC(=O)O)c3csc(N)n3)[C@@H]2SC1.O=C(O)C(F)(F)F. The van der Waals surface area contributed by atoms with Crippen LogP contribution in [0.2, 0.25) is 0 Å². The Morgan fingerprint density at radius 3 is 2.36 bits per heavy atom. The molecule has 2 aliphatic rings. The van der Waals surface area contributed by atoms with Crippen molar-refractivity contribution in [1.82, 2.24) is 20.1 Å². The Morgan fingerprint density at radius 1 is 1.24 bits per heavy atom. The summed E-state index contributed by atoms with van der Waals surface area (Å²) in [6, 6.07) is -1.08. The fraction of sp³-hybridized carbons (Fsp3) is 0.391. The third-order valence-electron chi connectivity index (χ3n) is 5.48. The van der Waals surface area contributed by atoms with Gasteiger partial charge in [-0.25, -0.2) is 19.4 Å². The molecular formula is C23H25F3N6O10S3. The molecule has 0 aromatic carbocycles. The van der Waals surface area contributed by atoms with Crippen LogP contribution < -0.4 is 11.1 Å². The largest absolute Gasteiger partial charge is 0.490 e. The minimum absolute atomic E-state index is 0.0196. The molecule has 1 fully saturated rings. The first kappa shape index (κ1) is 36.9. The number of carboxylic acid groups (broad SMARTS) is 3. The molecule has 45 heavy (non-hydrogen) atoms. The third-order valence-corrected chi connectivity index (χ3v) is 8.52. The van der Waals surface area contributed by atoms with E-state index in [9.17, 15) is 42.3 Å². The van der Waals surface area contributed by atoms with Crippen molar-refractivity contribution >= 4 is 81.3 Å². The Balaban J connectivity index is 0.000000900. The summed E-state index contributed by atoms with van der Waals surface area (Å²) in [5, 5.41) is 34.1. The number of nitrogens with two attached hydrogens (primary N) is 1. The Bertz CT molecular complexity index is 1430. The molecule has 22 heteroatoms. The lowest BCUT2D eigenvalue weighted by molar-refractivity contribution is -0.192. The van der Waals surface area contributed by atoms with Crippen LogP contribution in [0.4, 0.5) is 18.3 Å². The molecule has 1 saturated heterocycles. The predicted octanol–water partition coefficient (Wildman–Crippen LogP) is 0.975. The average Bonchev–Trinajstić information content (AvgIpc) is 3.39. The number of amides is 3. The molecule has 0 saturated carbocycles. The van der Waals surface area contributed by atoms with Crippen LogP contribution in [0.3, 0.4) is 0 Å². The zero-order chi connectivity index (χ0) is 34.1. The first-order chi connectivity index (χ1) is 21.0. The number of hydrogen-bond donors (Lipinski definition) is 5. The third kappa shape index (κ3) is 9.84. The highest BCUT2D eigenvalue weighted by Crippen LogP contribution is 2.43. The summed E-state index contributed by atoms with van der Waals surface area (Å²) >= 11 is 3.29. The van der Waals surface area contributed by atoms with Crippen molar-refractivity contribution in [3.05, 3.63) is 33.2 Å². The molecule has 246 valence electrons. The maximum atomic E-state index is 12.9. The van der Waals surface area contributed by atoms with Gasteiger partial charge in [-0.3, -0.25) is 19.3 Å². The number of anilines is 1. The number of rotatable bonds is 12. The number of thiazole rings is 1. The van der Waals surface area contributed by atoms with Gasteiger partial charge in [0.05, 0.1) is 0 Å². The van der Waals surface area contributed by atoms with Crippen molar-refractivity contribution in [1.29, 1.82) is 0 Å². The van der Waals surface area contributed by atoms with E-state index in [2.05, 4.69) is 20.3 Å². The van der Waals surface area contributed by atoms with E-state index in [-0.39, 0.29) is 33.9 Å². The lowest BCUT2D eigenvalue weighted by Crippen LogP contribution is -2.71. The number of carbonyl (C=O) groups excluding carboxylic acids is 3. The van der Waals surface area contributed by atoms with Crippen LogP contribution in [0, 0.1) is 0 Å². The first-order valence-electron chi connectivity index (χ1n) is 12.3. The second kappa shape index (κ2) is 16.1. The van der Waals surface area contributed by atoms with Crippen LogP contribution in [0.5, 0.6) is 0 Å². The van der Waals surface area contributed by atoms with Gasteiger partial charge in [0.25, 0.3) is 11.8 Å². The van der Waals surface area contributed by atoms with Crippen molar-refractivity contribution in [3.8, 4) is 0 Å². The van der Waals surface area contributed by atoms with Crippen molar-refractivity contribution < 1.29 is 62.1 Å². The van der Waals surface area contributed by atoms with Crippen LogP contribution in [0.15, 0.2) is 32.6 Å². The molecule has 2 aliphatic heterocycles. The van der Waals surface area contributed by atoms with E-state index in [0.717, 1.165) is 28.0 Å². The quantitative estimate of drug-likeness (QED) is 0.0885. The molecule has 1 aromatic heterocycles. The number of nitrogens with zero attached hydrogens (tertiary/aromatic N) is 4. The minimum Gasteiger partial charge on any atom is -0.479 e. The van der Waals surface area contributed by atoms with E-state index in [4.69, 9.17) is 20.7 Å². The van der Waals surface area contributed by atoms with Crippen LogP contribution in [0.1, 0.15) is 19.5 Å². The first-order valence-corrected chi connectivity index (χ1v) is 15.1. The van der Waals surface area contributed by atoms with Gasteiger partial charge in [0.1, 0.15) is 22.8 Å². The molecule has 3 amide bonds. The topological polar surface area (TPSA) is 242 Å². The fourth-order valence-corrected chi connectivity index (χ4v) is 6.32. The average molecular weight is 699 g/mol. The van der Waals surface area contributed by atoms with E-state index < -0.39 is 53.9 Å². The summed E-state index contributed by atoms with van der Waals surface area (Å²) in [4.78, 5) is 81.4. The number of fused-ring (bicyclic) bond motifs is 1. The number of likely N-dealkylation sites (N-methyl/N-ethyl adjacent to an activating group) is 1. The van der Waals surface area contributed by atoms with E-state index in [1.807, 2.05) is 13.8 Å². The van der Waals surface area contributed by atoms with Crippen LogP contribution >= 0.6 is 34.9 Å². The van der Waals surface area contributed by atoms with E-state index >= 15 is 0 Å². The molecule has 2 atom stereocenters. The van der Waals surface area contributed by atoms with Crippen molar-refractivity contribution in [2.24, 2.45) is 5.16 Å². The fourth-order valence-electron chi connectivity index (χ4n) is 3.46. The molecule has 3 heterocycles. The number of carboxylic acids is 3. The number of carbonyl (C=O) groups is 6. The van der Waals surface area contributed by atoms with Crippen LogP contribution in [0.25, 0.3) is 0 Å². The number of nitrogen functional groups attached to an aromatic ring is 1. The van der Waals surface area contributed by atoms with Gasteiger partial charge in [0, 0.05) is 35.2 Å². The summed E-state index contributed by atoms with van der Waals surface area (Å²) < 4.78 is 31.7. The maximum absolute atomic E-state index is 12.9. The van der Waals surface area contributed by atoms with Crippen molar-refractivity contribution in [2.75, 3.05) is 31.2 Å². The highest BCUT2D eigenvalue weighted by molar-refractivity contribution is 8.08. The van der Waals surface area contributed by atoms with Crippen molar-refractivity contribution in [2.45, 2.75) is 31.4 Å². The summed E-state index contributed by atoms with van der Waals surface area (Å²) in [6.45, 7) is 3.95. The van der Waals surface area contributed by atoms with Gasteiger partial charge in [0.2, 0.25) is 12.5 Å². The summed E-state index contributed by atoms with van der Waals surface area (Å²) in [5.41, 5.74) is 5.02. The van der Waals surface area contributed by atoms with Crippen LogP contribution in [-0.4, -0.2) is 114 Å². The second-order valence-electron chi connectivity index (χ2n) is 8.35. The molecule has 1 aromatic rings. The molecule has 0 spiro atoms. The monoisotopic (exact) mass is 698 g/mol. The Labute approximate surface area is 264 Å². The van der Waals surface area contributed by atoms with E-state index in [0.29, 0.717) is 18.0 Å². The summed E-state index contributed by atoms with van der Waals surface area (Å²) in [7, 11) is 0. The van der Waals surface area contributed by atoms with Gasteiger partial charge in [-0.15, -0.1) is 23.1 Å². The molecule has 0 radical (unpaired) electrons. The molecule has 0 bridgehead atoms. The maximum Gasteiger partial charge on any atom is 0.490 e. The Hall–Kier alpha value is -4.31. The van der Waals surface area contributed by atoms with E-state index in [1.165, 1.54) is 28.6 Å². The summed E-state index contributed by atoms with van der Waals surface area (Å²) in [5.74, 6) is -6.91. The lowest BCUT2D eigenvalue weighted by atomic mass is 10.0. The van der Waals surface area contributed by atoms with Crippen LogP contribution in [-0.2, 0) is 33.6 Å². The molecule has 16 nitrogen and oxygen atoms in total. The number of nitrogens with one attached hydrogen (secondary N) is 1.